The molecule has 0 aromatic heterocycles. The van der Waals surface area contributed by atoms with Crippen molar-refractivity contribution < 1.29 is 9.47 Å². The van der Waals surface area contributed by atoms with Crippen LogP contribution in [0, 0.1) is 0 Å². The van der Waals surface area contributed by atoms with E-state index in [0.717, 1.165) is 41.0 Å². The quantitative estimate of drug-likeness (QED) is 0.723. The van der Waals surface area contributed by atoms with Gasteiger partial charge in [0.2, 0.25) is 0 Å². The molecule has 0 saturated carbocycles. The van der Waals surface area contributed by atoms with Crippen LogP contribution in [0.4, 0.5) is 0 Å². The molecule has 0 bridgehead atoms. The lowest BCUT2D eigenvalue weighted by Gasteiger charge is -2.13. The van der Waals surface area contributed by atoms with Gasteiger partial charge in [-0.2, -0.15) is 0 Å². The summed E-state index contributed by atoms with van der Waals surface area (Å²) in [5.41, 5.74) is 6.60. The topological polar surface area (TPSA) is 56.5 Å². The zero-order valence-electron chi connectivity index (χ0n) is 11.0. The third-order valence-corrected chi connectivity index (χ3v) is 3.05. The zero-order valence-corrected chi connectivity index (χ0v) is 12.5. The van der Waals surface area contributed by atoms with Crippen molar-refractivity contribution in [2.24, 2.45) is 5.73 Å². The van der Waals surface area contributed by atoms with Crippen molar-refractivity contribution >= 4 is 15.9 Å². The smallest absolute Gasteiger partial charge is 0.175 e. The molecule has 0 aliphatic rings. The van der Waals surface area contributed by atoms with Crippen LogP contribution in [0.25, 0.3) is 0 Å². The molecule has 4 nitrogen and oxygen atoms in total. The summed E-state index contributed by atoms with van der Waals surface area (Å²) in [4.78, 5) is 0. The maximum absolute atomic E-state index is 5.55. The van der Waals surface area contributed by atoms with Gasteiger partial charge in [-0.1, -0.05) is 0 Å². The first-order valence-corrected chi connectivity index (χ1v) is 6.92. The lowest BCUT2D eigenvalue weighted by molar-refractivity contribution is 0.308. The van der Waals surface area contributed by atoms with E-state index in [2.05, 4.69) is 21.2 Å². The SMILES string of the molecule is CCOc1c(Br)cc(CNCCCN)cc1OC. The van der Waals surface area contributed by atoms with Gasteiger partial charge in [0.15, 0.2) is 11.5 Å². The van der Waals surface area contributed by atoms with Gasteiger partial charge < -0.3 is 20.5 Å². The normalized spacial score (nSPS) is 10.4. The fraction of sp³-hybridized carbons (Fsp3) is 0.538. The van der Waals surface area contributed by atoms with Crippen LogP contribution < -0.4 is 20.5 Å². The van der Waals surface area contributed by atoms with E-state index < -0.39 is 0 Å². The molecule has 0 fully saturated rings. The Hall–Kier alpha value is -0.780. The van der Waals surface area contributed by atoms with E-state index in [1.54, 1.807) is 7.11 Å². The first-order valence-electron chi connectivity index (χ1n) is 6.12. The van der Waals surface area contributed by atoms with E-state index >= 15 is 0 Å². The van der Waals surface area contributed by atoms with Crippen LogP contribution >= 0.6 is 15.9 Å². The second-order valence-corrected chi connectivity index (χ2v) is 4.72. The Bertz CT molecular complexity index is 372. The third-order valence-electron chi connectivity index (χ3n) is 2.46. The number of ether oxygens (including phenoxy) is 2. The van der Waals surface area contributed by atoms with Gasteiger partial charge in [-0.25, -0.2) is 0 Å². The van der Waals surface area contributed by atoms with E-state index in [0.29, 0.717) is 13.2 Å². The Kier molecular flexibility index (Phi) is 7.08. The molecule has 18 heavy (non-hydrogen) atoms. The summed E-state index contributed by atoms with van der Waals surface area (Å²) in [6.07, 6.45) is 0.981. The van der Waals surface area contributed by atoms with Crippen molar-refractivity contribution in [2.45, 2.75) is 19.9 Å². The van der Waals surface area contributed by atoms with E-state index in [1.807, 2.05) is 19.1 Å². The predicted molar refractivity (Wildman–Crippen MR) is 77.2 cm³/mol. The molecule has 0 aliphatic heterocycles. The highest BCUT2D eigenvalue weighted by Crippen LogP contribution is 2.36. The number of halogens is 1. The Morgan fingerprint density at radius 2 is 2.17 bits per heavy atom. The van der Waals surface area contributed by atoms with Crippen molar-refractivity contribution in [1.82, 2.24) is 5.32 Å². The molecule has 0 amide bonds. The van der Waals surface area contributed by atoms with Crippen molar-refractivity contribution in [3.63, 3.8) is 0 Å². The molecule has 1 aromatic carbocycles. The number of hydrogen-bond acceptors (Lipinski definition) is 4. The number of nitrogens with two attached hydrogens (primary N) is 1. The summed E-state index contributed by atoms with van der Waals surface area (Å²) in [5.74, 6) is 1.51. The Balaban J connectivity index is 2.73. The lowest BCUT2D eigenvalue weighted by Crippen LogP contribution is -2.17. The molecule has 1 rings (SSSR count). The van der Waals surface area contributed by atoms with Crippen LogP contribution in [-0.4, -0.2) is 26.8 Å². The molecule has 0 spiro atoms. The minimum atomic E-state index is 0.614. The summed E-state index contributed by atoms with van der Waals surface area (Å²) in [7, 11) is 1.65. The molecule has 0 unspecified atom stereocenters. The monoisotopic (exact) mass is 316 g/mol. The lowest BCUT2D eigenvalue weighted by atomic mass is 10.2. The fourth-order valence-corrected chi connectivity index (χ4v) is 2.22. The van der Waals surface area contributed by atoms with Crippen LogP contribution in [0.1, 0.15) is 18.9 Å². The molecule has 0 radical (unpaired) electrons. The van der Waals surface area contributed by atoms with Crippen molar-refractivity contribution in [2.75, 3.05) is 26.8 Å². The van der Waals surface area contributed by atoms with Gasteiger partial charge in [-0.3, -0.25) is 0 Å². The van der Waals surface area contributed by atoms with Gasteiger partial charge in [0.05, 0.1) is 18.2 Å². The number of rotatable bonds is 8. The van der Waals surface area contributed by atoms with E-state index in [1.165, 1.54) is 0 Å². The minimum Gasteiger partial charge on any atom is -0.493 e. The fourth-order valence-electron chi connectivity index (χ4n) is 1.62. The van der Waals surface area contributed by atoms with Crippen LogP contribution in [0.3, 0.4) is 0 Å². The summed E-state index contributed by atoms with van der Waals surface area (Å²) in [6, 6.07) is 4.04. The number of methoxy groups -OCH3 is 1. The van der Waals surface area contributed by atoms with Crippen LogP contribution in [0.2, 0.25) is 0 Å². The van der Waals surface area contributed by atoms with Gasteiger partial charge >= 0.3 is 0 Å². The average Bonchev–Trinajstić information content (AvgIpc) is 2.37. The summed E-state index contributed by atoms with van der Waals surface area (Å²) in [5, 5.41) is 3.34. The van der Waals surface area contributed by atoms with Gasteiger partial charge in [-0.15, -0.1) is 0 Å². The molecule has 1 aromatic rings. The van der Waals surface area contributed by atoms with Crippen LogP contribution in [-0.2, 0) is 6.54 Å². The molecule has 5 heteroatoms. The maximum atomic E-state index is 5.55. The van der Waals surface area contributed by atoms with Gasteiger partial charge in [0.25, 0.3) is 0 Å². The van der Waals surface area contributed by atoms with E-state index in [4.69, 9.17) is 15.2 Å². The third kappa shape index (κ3) is 4.48. The highest BCUT2D eigenvalue weighted by molar-refractivity contribution is 9.10. The van der Waals surface area contributed by atoms with Crippen LogP contribution in [0.15, 0.2) is 16.6 Å². The Morgan fingerprint density at radius 3 is 2.78 bits per heavy atom. The van der Waals surface area contributed by atoms with E-state index in [-0.39, 0.29) is 0 Å². The predicted octanol–water partition coefficient (Wildman–Crippen LogP) is 2.29. The molecule has 0 aliphatic carbocycles. The first kappa shape index (κ1) is 15.3. The maximum Gasteiger partial charge on any atom is 0.175 e. The summed E-state index contributed by atoms with van der Waals surface area (Å²) in [6.45, 7) is 4.99. The highest BCUT2D eigenvalue weighted by Gasteiger charge is 2.10. The molecule has 3 N–H and O–H groups in total. The minimum absolute atomic E-state index is 0.614. The average molecular weight is 317 g/mol. The molecule has 102 valence electrons. The first-order chi connectivity index (χ1) is 8.72. The molecule has 0 heterocycles. The second-order valence-electron chi connectivity index (χ2n) is 3.86. The Morgan fingerprint density at radius 1 is 1.39 bits per heavy atom. The molecular weight excluding hydrogens is 296 g/mol. The van der Waals surface area contributed by atoms with Crippen molar-refractivity contribution in [1.29, 1.82) is 0 Å². The van der Waals surface area contributed by atoms with Crippen molar-refractivity contribution in [3.8, 4) is 11.5 Å². The van der Waals surface area contributed by atoms with Crippen molar-refractivity contribution in [3.05, 3.63) is 22.2 Å². The highest BCUT2D eigenvalue weighted by atomic mass is 79.9. The number of hydrogen-bond donors (Lipinski definition) is 2. The molecular formula is C13H21BrN2O2. The van der Waals surface area contributed by atoms with Gasteiger partial charge in [-0.05, 0) is 60.1 Å². The Labute approximate surface area is 117 Å². The molecule has 0 saturated heterocycles. The number of benzene rings is 1. The van der Waals surface area contributed by atoms with E-state index in [9.17, 15) is 0 Å². The van der Waals surface area contributed by atoms with Gasteiger partial charge in [0.1, 0.15) is 0 Å². The second kappa shape index (κ2) is 8.34. The van der Waals surface area contributed by atoms with Gasteiger partial charge in [0, 0.05) is 6.54 Å². The largest absolute Gasteiger partial charge is 0.493 e. The standard InChI is InChI=1S/C13H21BrN2O2/c1-3-18-13-11(14)7-10(8-12(13)17-2)9-16-6-4-5-15/h7-8,16H,3-6,9,15H2,1-2H3. The molecule has 0 atom stereocenters. The summed E-state index contributed by atoms with van der Waals surface area (Å²) >= 11 is 3.51. The van der Waals surface area contributed by atoms with Crippen LogP contribution in [0.5, 0.6) is 11.5 Å². The summed E-state index contributed by atoms with van der Waals surface area (Å²) < 4.78 is 11.8. The zero-order chi connectivity index (χ0) is 13.4. The number of nitrogens with one attached hydrogen (secondary N) is 1.